The van der Waals surface area contributed by atoms with Crippen LogP contribution in [0.1, 0.15) is 44.3 Å². The van der Waals surface area contributed by atoms with Crippen molar-refractivity contribution in [2.75, 3.05) is 0 Å². The monoisotopic (exact) mass is 362 g/mol. The summed E-state index contributed by atoms with van der Waals surface area (Å²) in [4.78, 5) is 24.8. The second kappa shape index (κ2) is 5.10. The van der Waals surface area contributed by atoms with Crippen molar-refractivity contribution >= 4 is 11.9 Å². The lowest BCUT2D eigenvalue weighted by molar-refractivity contribution is -0.174. The molecule has 2 saturated carbocycles. The van der Waals surface area contributed by atoms with Crippen molar-refractivity contribution in [1.29, 1.82) is 0 Å². The topological polar surface area (TPSA) is 106 Å². The highest BCUT2D eigenvalue weighted by molar-refractivity contribution is 5.85. The van der Waals surface area contributed by atoms with Gasteiger partial charge in [-0.2, -0.15) is 0 Å². The third-order valence-corrected chi connectivity index (χ3v) is 7.41. The van der Waals surface area contributed by atoms with Crippen LogP contribution in [0.2, 0.25) is 0 Å². The summed E-state index contributed by atoms with van der Waals surface area (Å²) in [6, 6.07) is 1.83. The molecule has 2 bridgehead atoms. The Morgan fingerprint density at radius 2 is 2.12 bits per heavy atom. The maximum atomic E-state index is 12.9. The average Bonchev–Trinajstić information content (AvgIpc) is 3.27. The smallest absolute Gasteiger partial charge is 0.339 e. The number of carboxylic acid groups (broad SMARTS) is 1. The number of esters is 1. The summed E-state index contributed by atoms with van der Waals surface area (Å²) < 4.78 is 17.2. The molecule has 1 spiro atoms. The van der Waals surface area contributed by atoms with Crippen molar-refractivity contribution in [2.45, 2.75) is 56.5 Å². The Balaban J connectivity index is 1.61. The number of fused-ring (bicyclic) bond motifs is 4. The van der Waals surface area contributed by atoms with Crippen LogP contribution < -0.4 is 0 Å². The third kappa shape index (κ3) is 1.85. The molecular formula is C19H22O7. The normalized spacial score (nSPS) is 49.4. The van der Waals surface area contributed by atoms with Gasteiger partial charge in [0, 0.05) is 23.3 Å². The molecular weight excluding hydrogens is 340 g/mol. The van der Waals surface area contributed by atoms with Crippen LogP contribution in [-0.4, -0.2) is 40.0 Å². The number of rotatable bonds is 2. The third-order valence-electron chi connectivity index (χ3n) is 7.41. The lowest BCUT2D eigenvalue weighted by Gasteiger charge is -2.53. The van der Waals surface area contributed by atoms with E-state index in [1.165, 1.54) is 0 Å². The Labute approximate surface area is 150 Å². The van der Waals surface area contributed by atoms with Gasteiger partial charge in [0.15, 0.2) is 5.60 Å². The van der Waals surface area contributed by atoms with Crippen molar-refractivity contribution in [3.63, 3.8) is 0 Å². The van der Waals surface area contributed by atoms with Gasteiger partial charge in [-0.25, -0.2) is 4.79 Å². The Hall–Kier alpha value is -1.86. The van der Waals surface area contributed by atoms with Crippen molar-refractivity contribution in [3.05, 3.63) is 24.2 Å². The van der Waals surface area contributed by atoms with Crippen LogP contribution in [0.5, 0.6) is 0 Å². The predicted molar refractivity (Wildman–Crippen MR) is 85.8 cm³/mol. The Bertz CT molecular complexity index is 758. The second-order valence-corrected chi connectivity index (χ2v) is 8.51. The maximum Gasteiger partial charge on any atom is 0.339 e. The molecule has 5 rings (SSSR count). The van der Waals surface area contributed by atoms with Gasteiger partial charge in [-0.15, -0.1) is 0 Å². The molecule has 2 saturated heterocycles. The molecule has 4 fully saturated rings. The van der Waals surface area contributed by atoms with E-state index in [-0.39, 0.29) is 30.3 Å². The van der Waals surface area contributed by atoms with Crippen LogP contribution in [0.3, 0.4) is 0 Å². The van der Waals surface area contributed by atoms with Crippen LogP contribution in [0.25, 0.3) is 0 Å². The fraction of sp³-hybridized carbons (Fsp3) is 0.684. The van der Waals surface area contributed by atoms with Gasteiger partial charge >= 0.3 is 11.9 Å². The van der Waals surface area contributed by atoms with Gasteiger partial charge in [0.25, 0.3) is 0 Å². The zero-order valence-corrected chi connectivity index (χ0v) is 14.5. The van der Waals surface area contributed by atoms with E-state index in [2.05, 4.69) is 0 Å². The van der Waals surface area contributed by atoms with Gasteiger partial charge in [-0.1, -0.05) is 6.92 Å². The zero-order chi connectivity index (χ0) is 18.3. The van der Waals surface area contributed by atoms with Crippen LogP contribution in [-0.2, 0) is 19.1 Å². The van der Waals surface area contributed by atoms with Gasteiger partial charge < -0.3 is 24.1 Å². The van der Waals surface area contributed by atoms with E-state index in [9.17, 15) is 19.8 Å². The number of aliphatic hydroxyl groups is 1. The molecule has 0 radical (unpaired) electrons. The van der Waals surface area contributed by atoms with Gasteiger partial charge in [0.05, 0.1) is 30.7 Å². The van der Waals surface area contributed by atoms with E-state index in [0.29, 0.717) is 19.3 Å². The van der Waals surface area contributed by atoms with Crippen molar-refractivity contribution in [1.82, 2.24) is 0 Å². The molecule has 7 nitrogen and oxygen atoms in total. The van der Waals surface area contributed by atoms with Crippen LogP contribution in [0.15, 0.2) is 23.0 Å². The molecule has 1 aromatic rings. The summed E-state index contributed by atoms with van der Waals surface area (Å²) in [5.41, 5.74) is -0.784. The van der Waals surface area contributed by atoms with Gasteiger partial charge in [-0.05, 0) is 31.2 Å². The van der Waals surface area contributed by atoms with Crippen molar-refractivity contribution in [2.24, 2.45) is 23.2 Å². The molecule has 3 heterocycles. The molecule has 1 aromatic heterocycles. The quantitative estimate of drug-likeness (QED) is 0.774. The van der Waals surface area contributed by atoms with Crippen LogP contribution in [0.4, 0.5) is 0 Å². The number of carboxylic acids is 1. The molecule has 26 heavy (non-hydrogen) atoms. The number of aliphatic carboxylic acids is 1. The van der Waals surface area contributed by atoms with Crippen molar-refractivity contribution in [3.8, 4) is 0 Å². The largest absolute Gasteiger partial charge is 0.481 e. The van der Waals surface area contributed by atoms with E-state index in [1.54, 1.807) is 12.5 Å². The van der Waals surface area contributed by atoms with Gasteiger partial charge in [0.2, 0.25) is 0 Å². The predicted octanol–water partition coefficient (Wildman–Crippen LogP) is 1.90. The number of carbonyl (C=O) groups is 2. The number of aliphatic hydroxyl groups excluding tert-OH is 1. The first-order valence-electron chi connectivity index (χ1n) is 9.17. The molecule has 7 heteroatoms. The second-order valence-electron chi connectivity index (χ2n) is 8.51. The molecule has 0 amide bonds. The number of ether oxygens (including phenoxy) is 2. The first-order chi connectivity index (χ1) is 12.4. The number of hydrogen-bond donors (Lipinski definition) is 2. The van der Waals surface area contributed by atoms with Gasteiger partial charge in [0.1, 0.15) is 6.10 Å². The van der Waals surface area contributed by atoms with E-state index in [0.717, 1.165) is 5.56 Å². The Morgan fingerprint density at radius 1 is 1.31 bits per heavy atom. The van der Waals surface area contributed by atoms with Gasteiger partial charge in [-0.3, -0.25) is 4.79 Å². The van der Waals surface area contributed by atoms with E-state index >= 15 is 0 Å². The fourth-order valence-electron chi connectivity index (χ4n) is 6.23. The molecule has 4 aliphatic rings. The highest BCUT2D eigenvalue weighted by Gasteiger charge is 2.76. The summed E-state index contributed by atoms with van der Waals surface area (Å²) in [5, 5.41) is 20.1. The summed E-state index contributed by atoms with van der Waals surface area (Å²) >= 11 is 0. The molecule has 140 valence electrons. The summed E-state index contributed by atoms with van der Waals surface area (Å²) in [6.45, 7) is 2.00. The molecule has 2 aliphatic carbocycles. The first kappa shape index (κ1) is 16.3. The average molecular weight is 362 g/mol. The molecule has 0 aromatic carbocycles. The molecule has 2 N–H and O–H groups in total. The lowest BCUT2D eigenvalue weighted by Crippen LogP contribution is -2.60. The van der Waals surface area contributed by atoms with Crippen LogP contribution >= 0.6 is 0 Å². The number of hydrogen-bond acceptors (Lipinski definition) is 6. The summed E-state index contributed by atoms with van der Waals surface area (Å²) in [7, 11) is 0. The minimum absolute atomic E-state index is 0.144. The molecule has 2 aliphatic heterocycles. The van der Waals surface area contributed by atoms with E-state index < -0.39 is 35.1 Å². The number of carbonyl (C=O) groups excluding carboxylic acids is 1. The number of furan rings is 1. The Kier molecular flexibility index (Phi) is 3.20. The lowest BCUT2D eigenvalue weighted by atomic mass is 9.49. The van der Waals surface area contributed by atoms with Crippen molar-refractivity contribution < 1.29 is 33.7 Å². The standard InChI is InChI=1S/C19H22O7/c1-18-6-13(9-2-3-24-8-9)26-19(18)7-14(25-17(19)23)15-11(16(21)22)4-10(20)5-12(15)18/h2-3,8,10-15,20H,4-7H2,1H3,(H,21,22)/t10-,11+,12+,13+,14-,15?,18-,19-/m0/s1. The van der Waals surface area contributed by atoms with E-state index in [4.69, 9.17) is 13.9 Å². The highest BCUT2D eigenvalue weighted by Crippen LogP contribution is 2.68. The van der Waals surface area contributed by atoms with Crippen LogP contribution in [0, 0.1) is 23.2 Å². The van der Waals surface area contributed by atoms with E-state index in [1.807, 2.05) is 13.0 Å². The molecule has 1 unspecified atom stereocenters. The maximum absolute atomic E-state index is 12.9. The zero-order valence-electron chi connectivity index (χ0n) is 14.5. The summed E-state index contributed by atoms with van der Waals surface area (Å²) in [5.74, 6) is -2.45. The Morgan fingerprint density at radius 3 is 2.81 bits per heavy atom. The highest BCUT2D eigenvalue weighted by atomic mass is 16.6. The fourth-order valence-corrected chi connectivity index (χ4v) is 6.23. The summed E-state index contributed by atoms with van der Waals surface area (Å²) in [6.07, 6.45) is 3.39. The minimum atomic E-state index is -1.07. The molecule has 8 atom stereocenters. The minimum Gasteiger partial charge on any atom is -0.481 e. The SMILES string of the molecule is C[C@@]12C[C@H](c3ccoc3)O[C@]13C[C@H](OC3=O)C1[C@H]2C[C@@H](O)C[C@H]1C(=O)O. The first-order valence-corrected chi connectivity index (χ1v) is 9.17.